The fourth-order valence-electron chi connectivity index (χ4n) is 4.60. The highest BCUT2D eigenvalue weighted by Crippen LogP contribution is 2.35. The number of hydrogen-bond acceptors (Lipinski definition) is 6. The van der Waals surface area contributed by atoms with Crippen molar-refractivity contribution in [3.8, 4) is 5.75 Å². The Kier molecular flexibility index (Phi) is 6.61. The minimum Gasteiger partial charge on any atom is -0.488 e. The Hall–Kier alpha value is -3.94. The number of nitrogens with zero attached hydrogens (tertiary/aromatic N) is 4. The second-order valence-corrected chi connectivity index (χ2v) is 8.89. The molecule has 0 aromatic carbocycles. The number of rotatable bonds is 4. The molecule has 0 unspecified atom stereocenters. The predicted molar refractivity (Wildman–Crippen MR) is 133 cm³/mol. The number of amides is 1. The normalized spacial score (nSPS) is 17.7. The Labute approximate surface area is 204 Å². The number of carbonyl (C=O) groups excluding carboxylic acids is 2. The summed E-state index contributed by atoms with van der Waals surface area (Å²) in [6.07, 6.45) is 17.9. The number of likely N-dealkylation sites (tertiary alicyclic amines) is 1. The number of anilines is 2. The largest absolute Gasteiger partial charge is 0.488 e. The number of ether oxygens (including phenoxy) is 1. The molecule has 1 aliphatic carbocycles. The molecule has 8 heteroatoms. The van der Waals surface area contributed by atoms with Gasteiger partial charge in [0.2, 0.25) is 0 Å². The lowest BCUT2D eigenvalue weighted by Gasteiger charge is -2.31. The number of piperidine rings is 1. The van der Waals surface area contributed by atoms with Crippen LogP contribution in [0, 0.1) is 5.41 Å². The van der Waals surface area contributed by atoms with E-state index < -0.39 is 0 Å². The fraction of sp³-hybridized carbons (Fsp3) is 0.333. The molecule has 1 saturated heterocycles. The Balaban J connectivity index is 1.35. The molecule has 0 atom stereocenters. The van der Waals surface area contributed by atoms with Gasteiger partial charge in [-0.3, -0.25) is 19.6 Å². The smallest absolute Gasteiger partial charge is 0.256 e. The van der Waals surface area contributed by atoms with E-state index in [4.69, 9.17) is 10.1 Å². The second kappa shape index (κ2) is 10.1. The number of hydrogen-bond donors (Lipinski definition) is 1. The summed E-state index contributed by atoms with van der Waals surface area (Å²) in [5, 5.41) is 8.42. The third-order valence-corrected chi connectivity index (χ3v) is 6.48. The minimum absolute atomic E-state index is 0.0130. The molecule has 35 heavy (non-hydrogen) atoms. The minimum atomic E-state index is -0.275. The first-order chi connectivity index (χ1) is 17.1. The van der Waals surface area contributed by atoms with Crippen LogP contribution < -0.4 is 15.1 Å². The third-order valence-electron chi connectivity index (χ3n) is 6.48. The Bertz CT molecular complexity index is 1280. The predicted octanol–water partition coefficient (Wildman–Crippen LogP) is 3.99. The first-order valence-corrected chi connectivity index (χ1v) is 12.2. The monoisotopic (exact) mass is 471 g/mol. The van der Waals surface area contributed by atoms with Crippen LogP contribution in [0.2, 0.25) is 0 Å². The van der Waals surface area contributed by atoms with Crippen molar-refractivity contribution >= 4 is 23.3 Å². The van der Waals surface area contributed by atoms with Gasteiger partial charge in [0.25, 0.3) is 11.8 Å². The molecule has 1 fully saturated rings. The second-order valence-electron chi connectivity index (χ2n) is 8.89. The van der Waals surface area contributed by atoms with Gasteiger partial charge in [0.05, 0.1) is 12.1 Å². The van der Waals surface area contributed by atoms with Crippen molar-refractivity contribution in [1.82, 2.24) is 14.5 Å². The van der Waals surface area contributed by atoms with Gasteiger partial charge in [-0.25, -0.2) is 4.98 Å². The number of aromatic nitrogens is 2. The Morgan fingerprint density at radius 1 is 1.09 bits per heavy atom. The van der Waals surface area contributed by atoms with E-state index >= 15 is 0 Å². The molecule has 3 aliphatic rings. The van der Waals surface area contributed by atoms with E-state index in [1.807, 2.05) is 15.9 Å². The number of nitrogens with one attached hydrogen (secondary N) is 1. The topological polar surface area (TPSA) is 91.5 Å². The quantitative estimate of drug-likeness (QED) is 0.681. The molecule has 0 radical (unpaired) electrons. The van der Waals surface area contributed by atoms with E-state index in [-0.39, 0.29) is 17.3 Å². The van der Waals surface area contributed by atoms with Gasteiger partial charge >= 0.3 is 0 Å². The summed E-state index contributed by atoms with van der Waals surface area (Å²) in [7, 11) is 0. The zero-order valence-electron chi connectivity index (χ0n) is 19.7. The van der Waals surface area contributed by atoms with E-state index in [1.54, 1.807) is 36.7 Å². The van der Waals surface area contributed by atoms with Crippen molar-refractivity contribution < 1.29 is 14.3 Å². The molecule has 5 rings (SSSR count). The highest BCUT2D eigenvalue weighted by Gasteiger charge is 2.25. The summed E-state index contributed by atoms with van der Waals surface area (Å²) < 4.78 is 7.14. The lowest BCUT2D eigenvalue weighted by molar-refractivity contribution is 0.0723. The van der Waals surface area contributed by atoms with Gasteiger partial charge in [0, 0.05) is 43.3 Å². The highest BCUT2D eigenvalue weighted by molar-refractivity contribution is 5.95. The lowest BCUT2D eigenvalue weighted by Crippen LogP contribution is -2.36. The van der Waals surface area contributed by atoms with E-state index in [1.165, 1.54) is 10.6 Å². The van der Waals surface area contributed by atoms with Crippen molar-refractivity contribution in [3.63, 3.8) is 0 Å². The van der Waals surface area contributed by atoms with Crippen LogP contribution >= 0.6 is 0 Å². The van der Waals surface area contributed by atoms with Crippen molar-refractivity contribution in [1.29, 1.82) is 5.41 Å². The van der Waals surface area contributed by atoms with Gasteiger partial charge in [-0.2, -0.15) is 0 Å². The average molecular weight is 472 g/mol. The SMILES string of the molecule is N=c1cc(N2CCOc3cc(C(=O)N4CCCCC4)cnc32)ccn1C(=O)/C=C\C1=CCCC=C1. The molecule has 8 nitrogen and oxygen atoms in total. The number of allylic oxidation sites excluding steroid dienone is 6. The maximum atomic E-state index is 12.9. The van der Waals surface area contributed by atoms with Crippen molar-refractivity contribution in [3.05, 3.63) is 77.6 Å². The molecule has 1 N–H and O–H groups in total. The third kappa shape index (κ3) is 4.96. The van der Waals surface area contributed by atoms with Crippen molar-refractivity contribution in [2.24, 2.45) is 0 Å². The van der Waals surface area contributed by atoms with Gasteiger partial charge in [-0.15, -0.1) is 0 Å². The van der Waals surface area contributed by atoms with E-state index in [2.05, 4.69) is 17.1 Å². The fourth-order valence-corrected chi connectivity index (χ4v) is 4.60. The van der Waals surface area contributed by atoms with Crippen LogP contribution in [0.3, 0.4) is 0 Å². The van der Waals surface area contributed by atoms with Gasteiger partial charge in [-0.05, 0) is 55.9 Å². The molecular formula is C27H29N5O3. The molecule has 1 amide bonds. The van der Waals surface area contributed by atoms with Crippen LogP contribution in [-0.4, -0.2) is 52.5 Å². The molecule has 0 spiro atoms. The molecular weight excluding hydrogens is 442 g/mol. The molecule has 4 heterocycles. The zero-order chi connectivity index (χ0) is 24.2. The summed E-state index contributed by atoms with van der Waals surface area (Å²) in [6.45, 7) is 2.54. The summed E-state index contributed by atoms with van der Waals surface area (Å²) >= 11 is 0. The molecule has 0 saturated carbocycles. The number of carbonyl (C=O) groups is 2. The first kappa shape index (κ1) is 22.8. The summed E-state index contributed by atoms with van der Waals surface area (Å²) in [5.74, 6) is 0.866. The molecule has 2 aromatic heterocycles. The zero-order valence-corrected chi connectivity index (χ0v) is 19.7. The van der Waals surface area contributed by atoms with Gasteiger partial charge in [-0.1, -0.05) is 18.2 Å². The Morgan fingerprint density at radius 2 is 1.94 bits per heavy atom. The van der Waals surface area contributed by atoms with Crippen LogP contribution in [0.25, 0.3) is 0 Å². The van der Waals surface area contributed by atoms with Gasteiger partial charge in [0.15, 0.2) is 11.6 Å². The molecule has 0 bridgehead atoms. The van der Waals surface area contributed by atoms with Crippen LogP contribution in [0.1, 0.15) is 47.3 Å². The maximum absolute atomic E-state index is 12.9. The molecule has 2 aliphatic heterocycles. The van der Waals surface area contributed by atoms with E-state index in [0.717, 1.165) is 56.5 Å². The van der Waals surface area contributed by atoms with Gasteiger partial charge < -0.3 is 14.5 Å². The number of fused-ring (bicyclic) bond motifs is 1. The van der Waals surface area contributed by atoms with Crippen molar-refractivity contribution in [2.45, 2.75) is 32.1 Å². The Morgan fingerprint density at radius 3 is 2.71 bits per heavy atom. The first-order valence-electron chi connectivity index (χ1n) is 12.2. The van der Waals surface area contributed by atoms with E-state index in [0.29, 0.717) is 30.3 Å². The van der Waals surface area contributed by atoms with Crippen molar-refractivity contribution in [2.75, 3.05) is 31.1 Å². The average Bonchev–Trinajstić information content (AvgIpc) is 2.91. The lowest BCUT2D eigenvalue weighted by atomic mass is 10.1. The van der Waals surface area contributed by atoms with Crippen LogP contribution in [0.15, 0.2) is 66.5 Å². The van der Waals surface area contributed by atoms with Crippen LogP contribution in [-0.2, 0) is 0 Å². The maximum Gasteiger partial charge on any atom is 0.256 e. The summed E-state index contributed by atoms with van der Waals surface area (Å²) in [5.41, 5.74) is 2.35. The summed E-state index contributed by atoms with van der Waals surface area (Å²) in [6, 6.07) is 5.21. The van der Waals surface area contributed by atoms with Crippen LogP contribution in [0.4, 0.5) is 11.5 Å². The highest BCUT2D eigenvalue weighted by atomic mass is 16.5. The number of pyridine rings is 2. The standard InChI is InChI=1S/C27H29N5O3/c28-24-18-22(11-14-32(24)25(33)10-9-20-7-3-1-4-8-20)31-15-16-35-23-17-21(19-29-26(23)31)27(34)30-12-5-2-6-13-30/h3,7-11,14,17-19,28H,1-2,4-6,12-13,15-16H2/b10-9-,28-24?. The van der Waals surface area contributed by atoms with Crippen LogP contribution in [0.5, 0.6) is 5.75 Å². The molecule has 2 aromatic rings. The van der Waals surface area contributed by atoms with Gasteiger partial charge in [0.1, 0.15) is 12.1 Å². The molecule has 180 valence electrons. The van der Waals surface area contributed by atoms with E-state index in [9.17, 15) is 9.59 Å². The summed E-state index contributed by atoms with van der Waals surface area (Å²) in [4.78, 5) is 33.9.